The van der Waals surface area contributed by atoms with Crippen molar-refractivity contribution < 1.29 is 27.4 Å². The molecule has 0 spiro atoms. The smallest absolute Gasteiger partial charge is 0.416 e. The number of aryl methyl sites for hydroxylation is 1. The minimum atomic E-state index is -4.56. The Labute approximate surface area is 150 Å². The highest BCUT2D eigenvalue weighted by atomic mass is 35.7. The maximum Gasteiger partial charge on any atom is 0.416 e. The van der Waals surface area contributed by atoms with Crippen LogP contribution in [-0.2, 0) is 10.7 Å². The lowest BCUT2D eigenvalue weighted by Crippen LogP contribution is -2.06. The Bertz CT molecular complexity index is 874. The number of hydrogen-bond donors (Lipinski definition) is 0. The van der Waals surface area contributed by atoms with E-state index in [2.05, 4.69) is 0 Å². The van der Waals surface area contributed by atoms with Gasteiger partial charge in [-0.25, -0.2) is 0 Å². The second-order valence-corrected chi connectivity index (χ2v) is 7.43. The first-order valence-electron chi connectivity index (χ1n) is 6.54. The maximum absolute atomic E-state index is 12.6. The fourth-order valence-electron chi connectivity index (χ4n) is 1.97. The van der Waals surface area contributed by atoms with Crippen molar-refractivity contribution in [3.8, 4) is 11.5 Å². The van der Waals surface area contributed by atoms with E-state index in [0.29, 0.717) is 11.6 Å². The molecule has 2 aromatic carbocycles. The van der Waals surface area contributed by atoms with Gasteiger partial charge in [-0.15, -0.1) is 0 Å². The van der Waals surface area contributed by atoms with E-state index in [4.69, 9.17) is 27.6 Å². The largest absolute Gasteiger partial charge is 0.455 e. The number of alkyl halides is 3. The molecule has 1 unspecified atom stereocenters. The summed E-state index contributed by atoms with van der Waals surface area (Å²) in [6, 6.07) is 4.74. The van der Waals surface area contributed by atoms with Gasteiger partial charge in [-0.1, -0.05) is 22.8 Å². The van der Waals surface area contributed by atoms with E-state index in [9.17, 15) is 27.9 Å². The molecule has 2 rings (SSSR count). The normalized spacial score (nSPS) is 12.7. The van der Waals surface area contributed by atoms with Crippen molar-refractivity contribution in [1.29, 1.82) is 0 Å². The summed E-state index contributed by atoms with van der Waals surface area (Å²) in [6.45, 7) is 1.48. The van der Waals surface area contributed by atoms with E-state index in [1.54, 1.807) is 0 Å². The molecule has 134 valence electrons. The third-order valence-electron chi connectivity index (χ3n) is 3.18. The van der Waals surface area contributed by atoms with Crippen LogP contribution in [0, 0.1) is 17.0 Å². The molecule has 0 aromatic heterocycles. The number of nitro benzene ring substituents is 1. The fraction of sp³-hybridized carbons (Fsp3) is 0.143. The molecule has 0 aliphatic heterocycles. The highest BCUT2D eigenvalue weighted by molar-refractivity contribution is 7.80. The Morgan fingerprint density at radius 3 is 2.32 bits per heavy atom. The fourth-order valence-corrected chi connectivity index (χ4v) is 3.25. The van der Waals surface area contributed by atoms with Crippen molar-refractivity contribution in [3.63, 3.8) is 0 Å². The van der Waals surface area contributed by atoms with Gasteiger partial charge in [0.25, 0.3) is 5.69 Å². The molecular formula is C14H9Cl2F3NO4P. The van der Waals surface area contributed by atoms with Crippen LogP contribution in [-0.4, -0.2) is 4.92 Å². The molecule has 11 heteroatoms. The van der Waals surface area contributed by atoms with Gasteiger partial charge in [0, 0.05) is 6.07 Å². The number of nitrogens with zero attached hydrogens (tertiary/aromatic N) is 1. The van der Waals surface area contributed by atoms with E-state index < -0.39 is 29.5 Å². The minimum absolute atomic E-state index is 0.0428. The highest BCUT2D eigenvalue weighted by Gasteiger charge is 2.31. The van der Waals surface area contributed by atoms with Crippen molar-refractivity contribution in [2.45, 2.75) is 13.1 Å². The SMILES string of the molecule is Cc1cc([N+](=O)[O-])c([PH](=O)Cl)cc1Oc1ccc(C(F)(F)F)cc1Cl. The predicted molar refractivity (Wildman–Crippen MR) is 88.8 cm³/mol. The van der Waals surface area contributed by atoms with Gasteiger partial charge < -0.3 is 9.30 Å². The van der Waals surface area contributed by atoms with E-state index in [1.165, 1.54) is 6.92 Å². The third kappa shape index (κ3) is 4.45. The van der Waals surface area contributed by atoms with Crippen molar-refractivity contribution in [2.24, 2.45) is 0 Å². The van der Waals surface area contributed by atoms with Crippen LogP contribution >= 0.6 is 30.0 Å². The molecule has 0 heterocycles. The summed E-state index contributed by atoms with van der Waals surface area (Å²) in [5.74, 6) is -0.0481. The highest BCUT2D eigenvalue weighted by Crippen LogP contribution is 2.39. The Balaban J connectivity index is 2.46. The standard InChI is InChI=1S/C14H9Cl2F3NO4P/c1-7-4-10(20(21)22)13(25(16)23)6-12(7)24-11-3-2-8(5-9(11)15)14(17,18)19/h2-6,25H,1H3. The molecule has 5 nitrogen and oxygen atoms in total. The van der Waals surface area contributed by atoms with Crippen molar-refractivity contribution >= 4 is 41.0 Å². The molecule has 0 aliphatic rings. The molecule has 0 saturated heterocycles. The molecule has 2 aromatic rings. The Morgan fingerprint density at radius 1 is 1.20 bits per heavy atom. The molecule has 0 amide bonds. The van der Waals surface area contributed by atoms with Crippen molar-refractivity contribution in [3.05, 3.63) is 56.6 Å². The lowest BCUT2D eigenvalue weighted by molar-refractivity contribution is -0.383. The number of nitro groups is 1. The van der Waals surface area contributed by atoms with E-state index in [-0.39, 0.29) is 21.8 Å². The molecular weight excluding hydrogens is 405 g/mol. The topological polar surface area (TPSA) is 69.4 Å². The first kappa shape index (κ1) is 19.6. The second-order valence-electron chi connectivity index (χ2n) is 4.91. The number of halogens is 5. The number of ether oxygens (including phenoxy) is 1. The summed E-state index contributed by atoms with van der Waals surface area (Å²) >= 11 is 11.3. The van der Waals surface area contributed by atoms with Gasteiger partial charge >= 0.3 is 6.18 Å². The van der Waals surface area contributed by atoms with E-state index >= 15 is 0 Å². The molecule has 0 N–H and O–H groups in total. The summed E-state index contributed by atoms with van der Waals surface area (Å²) in [4.78, 5) is 10.3. The van der Waals surface area contributed by atoms with Crippen LogP contribution in [0.4, 0.5) is 18.9 Å². The summed E-state index contributed by atoms with van der Waals surface area (Å²) in [6.07, 6.45) is -4.56. The zero-order valence-corrected chi connectivity index (χ0v) is 14.9. The maximum atomic E-state index is 12.6. The lowest BCUT2D eigenvalue weighted by Gasteiger charge is -2.13. The first-order chi connectivity index (χ1) is 11.5. The van der Waals surface area contributed by atoms with E-state index in [1.807, 2.05) is 0 Å². The minimum Gasteiger partial charge on any atom is -0.455 e. The predicted octanol–water partition coefficient (Wildman–Crippen LogP) is 5.71. The first-order valence-corrected chi connectivity index (χ1v) is 9.34. The average Bonchev–Trinajstić information content (AvgIpc) is 2.49. The van der Waals surface area contributed by atoms with Crippen LogP contribution in [0.15, 0.2) is 30.3 Å². The molecule has 0 fully saturated rings. The number of rotatable bonds is 4. The number of benzene rings is 2. The molecule has 1 atom stereocenters. The summed E-state index contributed by atoms with van der Waals surface area (Å²) in [5, 5.41) is 10.5. The zero-order chi connectivity index (χ0) is 18.9. The van der Waals surface area contributed by atoms with Crippen LogP contribution in [0.2, 0.25) is 5.02 Å². The lowest BCUT2D eigenvalue weighted by atomic mass is 10.2. The monoisotopic (exact) mass is 413 g/mol. The van der Waals surface area contributed by atoms with Crippen LogP contribution in [0.5, 0.6) is 11.5 Å². The van der Waals surface area contributed by atoms with Crippen LogP contribution in [0.1, 0.15) is 11.1 Å². The van der Waals surface area contributed by atoms with E-state index in [0.717, 1.165) is 24.3 Å². The summed E-state index contributed by atoms with van der Waals surface area (Å²) in [5.41, 5.74) is -1.08. The molecule has 0 radical (unpaired) electrons. The quantitative estimate of drug-likeness (QED) is 0.365. The van der Waals surface area contributed by atoms with Gasteiger partial charge in [0.2, 0.25) is 0 Å². The molecule has 0 bridgehead atoms. The van der Waals surface area contributed by atoms with Crippen LogP contribution in [0.3, 0.4) is 0 Å². The van der Waals surface area contributed by atoms with Crippen molar-refractivity contribution in [1.82, 2.24) is 0 Å². The third-order valence-corrected chi connectivity index (χ3v) is 4.91. The average molecular weight is 414 g/mol. The van der Waals surface area contributed by atoms with Crippen LogP contribution in [0.25, 0.3) is 0 Å². The summed E-state index contributed by atoms with van der Waals surface area (Å²) in [7, 11) is -2.93. The molecule has 0 aliphatic carbocycles. The van der Waals surface area contributed by atoms with Crippen molar-refractivity contribution in [2.75, 3.05) is 0 Å². The van der Waals surface area contributed by atoms with Gasteiger partial charge in [0.05, 0.1) is 15.5 Å². The van der Waals surface area contributed by atoms with Crippen LogP contribution < -0.4 is 10.0 Å². The zero-order valence-electron chi connectivity index (χ0n) is 12.4. The second kappa shape index (κ2) is 7.23. The van der Waals surface area contributed by atoms with Gasteiger partial charge in [0.1, 0.15) is 16.8 Å². The van der Waals surface area contributed by atoms with Gasteiger partial charge in [-0.05, 0) is 36.8 Å². The summed E-state index contributed by atoms with van der Waals surface area (Å²) < 4.78 is 54.9. The van der Waals surface area contributed by atoms with Gasteiger partial charge in [0.15, 0.2) is 7.15 Å². The Morgan fingerprint density at radius 2 is 1.84 bits per heavy atom. The Hall–Kier alpha value is -1.76. The van der Waals surface area contributed by atoms with Gasteiger partial charge in [-0.2, -0.15) is 13.2 Å². The Kier molecular flexibility index (Phi) is 5.66. The number of hydrogen-bond acceptors (Lipinski definition) is 4. The molecule has 25 heavy (non-hydrogen) atoms. The van der Waals surface area contributed by atoms with Gasteiger partial charge in [-0.3, -0.25) is 10.1 Å². The molecule has 0 saturated carbocycles.